The first-order chi connectivity index (χ1) is 16.2. The molecule has 1 heterocycles. The third kappa shape index (κ3) is 11.5. The highest BCUT2D eigenvalue weighted by atomic mass is 32.2. The number of ether oxygens (including phenoxy) is 2. The van der Waals surface area contributed by atoms with E-state index >= 15 is 0 Å². The maximum absolute atomic E-state index is 11.6. The summed E-state index contributed by atoms with van der Waals surface area (Å²) in [4.78, 5) is 31.6. The van der Waals surface area contributed by atoms with Crippen molar-refractivity contribution in [3.8, 4) is 11.5 Å². The summed E-state index contributed by atoms with van der Waals surface area (Å²) in [6.07, 6.45) is 3.34. The number of phenolic OH excluding ortho intramolecular Hbond substituents is 1. The zero-order chi connectivity index (χ0) is 25.5. The topological polar surface area (TPSA) is 130 Å². The van der Waals surface area contributed by atoms with Crippen molar-refractivity contribution in [2.45, 2.75) is 70.0 Å². The van der Waals surface area contributed by atoms with Crippen molar-refractivity contribution in [1.82, 2.24) is 0 Å². The highest BCUT2D eigenvalue weighted by molar-refractivity contribution is 8.03. The van der Waals surface area contributed by atoms with Crippen molar-refractivity contribution in [3.63, 3.8) is 0 Å². The van der Waals surface area contributed by atoms with Crippen LogP contribution in [0.25, 0.3) is 0 Å². The number of hydrogen-bond acceptors (Lipinski definition) is 8. The summed E-state index contributed by atoms with van der Waals surface area (Å²) in [6, 6.07) is 3.40. The molecule has 0 amide bonds. The van der Waals surface area contributed by atoms with Crippen LogP contribution in [0.4, 0.5) is 0 Å². The molecule has 1 aromatic rings. The molecular weight excluding hydrogens is 480 g/mol. The van der Waals surface area contributed by atoms with Crippen molar-refractivity contribution in [1.29, 1.82) is 0 Å². The Balaban J connectivity index is 0.00000104. The number of aromatic hydroxyl groups is 1. The lowest BCUT2D eigenvalue weighted by Gasteiger charge is -2.14. The molecule has 1 aliphatic rings. The van der Waals surface area contributed by atoms with Crippen LogP contribution in [0.5, 0.6) is 11.5 Å². The lowest BCUT2D eigenvalue weighted by molar-refractivity contribution is -0.138. The van der Waals surface area contributed by atoms with Gasteiger partial charge in [0.15, 0.2) is 5.78 Å². The molecule has 2 atom stereocenters. The van der Waals surface area contributed by atoms with Crippen molar-refractivity contribution in [2.75, 3.05) is 24.7 Å². The van der Waals surface area contributed by atoms with Gasteiger partial charge in [-0.05, 0) is 44.1 Å². The van der Waals surface area contributed by atoms with Crippen LogP contribution >= 0.6 is 23.5 Å². The first-order valence-corrected chi connectivity index (χ1v) is 13.6. The van der Waals surface area contributed by atoms with E-state index in [-0.39, 0.29) is 29.8 Å². The van der Waals surface area contributed by atoms with Crippen LogP contribution in [0.3, 0.4) is 0 Å². The van der Waals surface area contributed by atoms with Crippen molar-refractivity contribution >= 4 is 41.2 Å². The number of aliphatic carboxylic acids is 2. The number of hydrogen-bond donors (Lipinski definition) is 3. The molecule has 1 aliphatic heterocycles. The van der Waals surface area contributed by atoms with E-state index in [0.717, 1.165) is 24.3 Å². The van der Waals surface area contributed by atoms with Crippen LogP contribution in [0, 0.1) is 0 Å². The predicted octanol–water partition coefficient (Wildman–Crippen LogP) is 4.85. The lowest BCUT2D eigenvalue weighted by Crippen LogP contribution is -2.08. The molecule has 8 nitrogen and oxygen atoms in total. The average Bonchev–Trinajstić information content (AvgIpc) is 3.24. The fourth-order valence-electron chi connectivity index (χ4n) is 3.07. The number of carboxylic acids is 2. The largest absolute Gasteiger partial charge is 0.507 e. The Morgan fingerprint density at radius 3 is 2.50 bits per heavy atom. The number of carboxylic acid groups (broad SMARTS) is 2. The Labute approximate surface area is 209 Å². The minimum atomic E-state index is -0.779. The third-order valence-electron chi connectivity index (χ3n) is 4.82. The number of benzene rings is 1. The van der Waals surface area contributed by atoms with Crippen LogP contribution in [-0.4, -0.2) is 68.4 Å². The molecule has 0 radical (unpaired) electrons. The minimum Gasteiger partial charge on any atom is -0.507 e. The van der Waals surface area contributed by atoms with Crippen molar-refractivity contribution in [2.24, 2.45) is 0 Å². The van der Waals surface area contributed by atoms with Crippen LogP contribution in [-0.2, 0) is 20.7 Å². The Bertz CT molecular complexity index is 799. The molecule has 2 unspecified atom stereocenters. The molecule has 192 valence electrons. The molecule has 34 heavy (non-hydrogen) atoms. The zero-order valence-corrected chi connectivity index (χ0v) is 21.7. The number of carbonyl (C=O) groups excluding carboxylic acids is 1. The van der Waals surface area contributed by atoms with Gasteiger partial charge in [-0.1, -0.05) is 20.3 Å². The second kappa shape index (κ2) is 16.7. The molecule has 0 bridgehead atoms. The van der Waals surface area contributed by atoms with E-state index in [9.17, 15) is 19.5 Å². The van der Waals surface area contributed by atoms with Gasteiger partial charge < -0.3 is 24.8 Å². The fraction of sp³-hybridized carbons (Fsp3) is 0.625. The van der Waals surface area contributed by atoms with Gasteiger partial charge in [-0.3, -0.25) is 14.4 Å². The van der Waals surface area contributed by atoms with Crippen molar-refractivity contribution < 1.29 is 39.2 Å². The van der Waals surface area contributed by atoms with Crippen LogP contribution in [0.15, 0.2) is 12.1 Å². The van der Waals surface area contributed by atoms with Gasteiger partial charge in [-0.2, -0.15) is 11.8 Å². The SMILES string of the molecule is CCC(=O)O.CCCc1c(OCCCSCC2COC(CCC(=O)O)S2)ccc(C(C)=O)c1O. The second-order valence-electron chi connectivity index (χ2n) is 7.72. The molecule has 2 rings (SSSR count). The van der Waals surface area contributed by atoms with E-state index in [1.807, 2.05) is 18.7 Å². The number of phenols is 1. The molecule has 0 spiro atoms. The second-order valence-corrected chi connectivity index (χ2v) is 10.3. The number of rotatable bonds is 14. The highest BCUT2D eigenvalue weighted by Crippen LogP contribution is 2.34. The summed E-state index contributed by atoms with van der Waals surface area (Å²) in [6.45, 7) is 6.31. The number of thioether (sulfide) groups is 2. The Hall–Kier alpha value is -1.91. The van der Waals surface area contributed by atoms with E-state index in [1.165, 1.54) is 6.92 Å². The summed E-state index contributed by atoms with van der Waals surface area (Å²) >= 11 is 3.58. The van der Waals surface area contributed by atoms with Gasteiger partial charge in [0.05, 0.1) is 18.8 Å². The van der Waals surface area contributed by atoms with Gasteiger partial charge in [0, 0.05) is 29.4 Å². The van der Waals surface area contributed by atoms with Gasteiger partial charge in [-0.25, -0.2) is 0 Å². The van der Waals surface area contributed by atoms with E-state index in [0.29, 0.717) is 48.2 Å². The molecular formula is C24H36O8S2. The van der Waals surface area contributed by atoms with Gasteiger partial charge in [0.1, 0.15) is 16.9 Å². The molecule has 1 fully saturated rings. The van der Waals surface area contributed by atoms with Gasteiger partial charge in [-0.15, -0.1) is 11.8 Å². The third-order valence-corrected chi connectivity index (χ3v) is 7.61. The zero-order valence-electron chi connectivity index (χ0n) is 20.1. The quantitative estimate of drug-likeness (QED) is 0.233. The van der Waals surface area contributed by atoms with E-state index in [1.54, 1.807) is 30.8 Å². The minimum absolute atomic E-state index is 0.00247. The molecule has 0 aromatic heterocycles. The molecule has 0 aliphatic carbocycles. The first-order valence-electron chi connectivity index (χ1n) is 11.5. The summed E-state index contributed by atoms with van der Waals surface area (Å²) in [5, 5.41) is 27.2. The normalized spacial score (nSPS) is 17.0. The monoisotopic (exact) mass is 516 g/mol. The molecule has 3 N–H and O–H groups in total. The molecule has 1 aromatic carbocycles. The van der Waals surface area contributed by atoms with Gasteiger partial charge in [0.2, 0.25) is 0 Å². The van der Waals surface area contributed by atoms with E-state index < -0.39 is 11.9 Å². The predicted molar refractivity (Wildman–Crippen MR) is 135 cm³/mol. The number of carbonyl (C=O) groups is 3. The van der Waals surface area contributed by atoms with Gasteiger partial charge >= 0.3 is 11.9 Å². The number of Topliss-reactive ketones (excluding diaryl/α,β-unsaturated/α-hetero) is 1. The Morgan fingerprint density at radius 1 is 1.21 bits per heavy atom. The summed E-state index contributed by atoms with van der Waals surface area (Å²) in [5.74, 6) is 0.952. The standard InChI is InChI=1S/C21H30O6S2.C3H6O2/c1-3-5-17-18(7-6-16(14(2)22)21(17)25)26-10-4-11-28-13-15-12-27-20(29-15)9-8-19(23)24;1-2-3(4)5/h6-7,15,20,25H,3-5,8-13H2,1-2H3,(H,23,24);2H2,1H3,(H,4,5). The summed E-state index contributed by atoms with van der Waals surface area (Å²) in [5.41, 5.74) is 1.05. The number of ketones is 1. The first kappa shape index (κ1) is 30.1. The maximum Gasteiger partial charge on any atom is 0.303 e. The highest BCUT2D eigenvalue weighted by Gasteiger charge is 2.26. The van der Waals surface area contributed by atoms with Gasteiger partial charge in [0.25, 0.3) is 0 Å². The molecule has 10 heteroatoms. The fourth-order valence-corrected chi connectivity index (χ4v) is 5.52. The summed E-state index contributed by atoms with van der Waals surface area (Å²) < 4.78 is 11.5. The molecule has 0 saturated carbocycles. The van der Waals surface area contributed by atoms with Crippen LogP contribution in [0.1, 0.15) is 68.8 Å². The van der Waals surface area contributed by atoms with Crippen molar-refractivity contribution in [3.05, 3.63) is 23.3 Å². The lowest BCUT2D eigenvalue weighted by atomic mass is 10.0. The average molecular weight is 517 g/mol. The maximum atomic E-state index is 11.6. The Morgan fingerprint density at radius 2 is 1.91 bits per heavy atom. The summed E-state index contributed by atoms with van der Waals surface area (Å²) in [7, 11) is 0. The van der Waals surface area contributed by atoms with E-state index in [2.05, 4.69) is 0 Å². The van der Waals surface area contributed by atoms with E-state index in [4.69, 9.17) is 19.7 Å². The van der Waals surface area contributed by atoms with Crippen LogP contribution in [0.2, 0.25) is 0 Å². The molecule has 1 saturated heterocycles. The van der Waals surface area contributed by atoms with Crippen LogP contribution < -0.4 is 4.74 Å². The Kier molecular flexibility index (Phi) is 14.8. The smallest absolute Gasteiger partial charge is 0.303 e.